The van der Waals surface area contributed by atoms with Crippen LogP contribution in [0.3, 0.4) is 0 Å². The van der Waals surface area contributed by atoms with Crippen molar-refractivity contribution < 1.29 is 0 Å². The summed E-state index contributed by atoms with van der Waals surface area (Å²) in [6.45, 7) is 9.15. The van der Waals surface area contributed by atoms with E-state index in [9.17, 15) is 0 Å². The van der Waals surface area contributed by atoms with Gasteiger partial charge < -0.3 is 14.5 Å². The van der Waals surface area contributed by atoms with Crippen LogP contribution in [0.5, 0.6) is 0 Å². The first-order chi connectivity index (χ1) is 9.63. The van der Waals surface area contributed by atoms with Crippen LogP contribution in [0, 0.1) is 17.6 Å². The molecular weight excluding hydrogens is 266 g/mol. The zero-order valence-electron chi connectivity index (χ0n) is 12.4. The zero-order valence-corrected chi connectivity index (χ0v) is 13.2. The van der Waals surface area contributed by atoms with Gasteiger partial charge in [-0.25, -0.2) is 0 Å². The fraction of sp³-hybridized carbons (Fsp3) is 0.562. The van der Waals surface area contributed by atoms with Gasteiger partial charge >= 0.3 is 0 Å². The van der Waals surface area contributed by atoms with Crippen molar-refractivity contribution in [2.75, 3.05) is 19.6 Å². The van der Waals surface area contributed by atoms with E-state index in [1.165, 1.54) is 43.6 Å². The van der Waals surface area contributed by atoms with Crippen LogP contribution in [0.4, 0.5) is 0 Å². The number of aryl methyl sites for hydroxylation is 1. The molecule has 3 rings (SSSR count). The summed E-state index contributed by atoms with van der Waals surface area (Å²) in [4.78, 5) is 5.91. The molecule has 1 atom stereocenters. The number of hydrogen-bond acceptors (Lipinski definition) is 2. The van der Waals surface area contributed by atoms with Crippen molar-refractivity contribution in [3.05, 3.63) is 28.5 Å². The average Bonchev–Trinajstić information content (AvgIpc) is 2.98. The monoisotopic (exact) mass is 289 g/mol. The highest BCUT2D eigenvalue weighted by Crippen LogP contribution is 2.18. The average molecular weight is 289 g/mol. The second-order valence-electron chi connectivity index (χ2n) is 6.17. The highest BCUT2D eigenvalue weighted by molar-refractivity contribution is 7.71. The highest BCUT2D eigenvalue weighted by Gasteiger charge is 2.16. The van der Waals surface area contributed by atoms with Crippen LogP contribution in [0.15, 0.2) is 18.2 Å². The molecule has 2 heterocycles. The standard InChI is InChI=1S/C16H23N3S/c1-12-5-6-15-14(9-12)17-16(20)19(15)11-13(2)10-18-7-3-4-8-18/h5-6,9,13H,3-4,7-8,10-11H2,1-2H3,(H,17,20). The van der Waals surface area contributed by atoms with Crippen LogP contribution in [-0.2, 0) is 6.54 Å². The lowest BCUT2D eigenvalue weighted by Crippen LogP contribution is -2.27. The van der Waals surface area contributed by atoms with Crippen LogP contribution in [0.1, 0.15) is 25.3 Å². The summed E-state index contributed by atoms with van der Waals surface area (Å²) >= 11 is 5.49. The SMILES string of the molecule is Cc1ccc2c(c1)[nH]c(=S)n2CC(C)CN1CCCC1. The van der Waals surface area contributed by atoms with Crippen molar-refractivity contribution in [2.24, 2.45) is 5.92 Å². The van der Waals surface area contributed by atoms with Gasteiger partial charge in [-0.1, -0.05) is 13.0 Å². The molecule has 1 aliphatic rings. The first kappa shape index (κ1) is 13.8. The van der Waals surface area contributed by atoms with E-state index in [1.807, 2.05) is 0 Å². The van der Waals surface area contributed by atoms with Gasteiger partial charge in [0.25, 0.3) is 0 Å². The van der Waals surface area contributed by atoms with Gasteiger partial charge in [0.05, 0.1) is 11.0 Å². The second kappa shape index (κ2) is 5.70. The number of fused-ring (bicyclic) bond motifs is 1. The van der Waals surface area contributed by atoms with Gasteiger partial charge in [0.15, 0.2) is 4.77 Å². The molecule has 0 bridgehead atoms. The minimum atomic E-state index is 0.625. The molecule has 0 amide bonds. The summed E-state index contributed by atoms with van der Waals surface area (Å²) < 4.78 is 3.10. The van der Waals surface area contributed by atoms with Gasteiger partial charge in [-0.15, -0.1) is 0 Å². The lowest BCUT2D eigenvalue weighted by molar-refractivity contribution is 0.272. The maximum absolute atomic E-state index is 5.49. The van der Waals surface area contributed by atoms with E-state index in [1.54, 1.807) is 0 Å². The molecule has 2 aromatic rings. The largest absolute Gasteiger partial charge is 0.331 e. The maximum Gasteiger partial charge on any atom is 0.178 e. The van der Waals surface area contributed by atoms with E-state index in [-0.39, 0.29) is 0 Å². The highest BCUT2D eigenvalue weighted by atomic mass is 32.1. The van der Waals surface area contributed by atoms with Crippen molar-refractivity contribution in [3.63, 3.8) is 0 Å². The predicted octanol–water partition coefficient (Wildman–Crippen LogP) is 3.74. The summed E-state index contributed by atoms with van der Waals surface area (Å²) in [5.74, 6) is 0.625. The predicted molar refractivity (Wildman–Crippen MR) is 86.7 cm³/mol. The molecule has 4 heteroatoms. The Morgan fingerprint density at radius 3 is 2.75 bits per heavy atom. The fourth-order valence-corrected chi connectivity index (χ4v) is 3.52. The van der Waals surface area contributed by atoms with Crippen molar-refractivity contribution in [1.82, 2.24) is 14.5 Å². The number of rotatable bonds is 4. The number of hydrogen-bond donors (Lipinski definition) is 1. The number of benzene rings is 1. The van der Waals surface area contributed by atoms with Gasteiger partial charge in [-0.05, 0) is 68.7 Å². The third-order valence-electron chi connectivity index (χ3n) is 4.19. The molecule has 1 saturated heterocycles. The zero-order chi connectivity index (χ0) is 14.1. The molecule has 1 fully saturated rings. The molecule has 1 N–H and O–H groups in total. The number of nitrogens with one attached hydrogen (secondary N) is 1. The van der Waals surface area contributed by atoms with Gasteiger partial charge in [0.1, 0.15) is 0 Å². The van der Waals surface area contributed by atoms with E-state index < -0.39 is 0 Å². The molecule has 0 spiro atoms. The van der Waals surface area contributed by atoms with Crippen molar-refractivity contribution in [1.29, 1.82) is 0 Å². The maximum atomic E-state index is 5.49. The summed E-state index contributed by atoms with van der Waals surface area (Å²) in [6, 6.07) is 6.51. The van der Waals surface area contributed by atoms with Gasteiger partial charge in [-0.3, -0.25) is 0 Å². The van der Waals surface area contributed by atoms with Gasteiger partial charge in [0, 0.05) is 13.1 Å². The number of imidazole rings is 1. The Labute approximate surface area is 125 Å². The number of likely N-dealkylation sites (tertiary alicyclic amines) is 1. The Morgan fingerprint density at radius 2 is 2.00 bits per heavy atom. The Balaban J connectivity index is 1.79. The minimum Gasteiger partial charge on any atom is -0.331 e. The molecule has 1 aliphatic heterocycles. The summed E-state index contributed by atoms with van der Waals surface area (Å²) in [6.07, 6.45) is 2.72. The van der Waals surface area contributed by atoms with E-state index in [4.69, 9.17) is 12.2 Å². The summed E-state index contributed by atoms with van der Waals surface area (Å²) in [5.41, 5.74) is 3.66. The van der Waals surface area contributed by atoms with Crippen LogP contribution in [0.25, 0.3) is 11.0 Å². The second-order valence-corrected chi connectivity index (χ2v) is 6.56. The Kier molecular flexibility index (Phi) is 3.94. The van der Waals surface area contributed by atoms with E-state index in [2.05, 4.69) is 46.5 Å². The first-order valence-electron chi connectivity index (χ1n) is 7.55. The Bertz CT molecular complexity index is 649. The Morgan fingerprint density at radius 1 is 1.25 bits per heavy atom. The van der Waals surface area contributed by atoms with Crippen LogP contribution in [0.2, 0.25) is 0 Å². The molecule has 20 heavy (non-hydrogen) atoms. The first-order valence-corrected chi connectivity index (χ1v) is 7.96. The van der Waals surface area contributed by atoms with Gasteiger partial charge in [0.2, 0.25) is 0 Å². The van der Waals surface area contributed by atoms with E-state index >= 15 is 0 Å². The third kappa shape index (κ3) is 2.81. The lowest BCUT2D eigenvalue weighted by atomic mass is 10.1. The smallest absolute Gasteiger partial charge is 0.178 e. The van der Waals surface area contributed by atoms with Crippen LogP contribution >= 0.6 is 12.2 Å². The molecular formula is C16H23N3S. The molecule has 3 nitrogen and oxygen atoms in total. The molecule has 0 radical (unpaired) electrons. The van der Waals surface area contributed by atoms with Crippen LogP contribution < -0.4 is 0 Å². The summed E-state index contributed by atoms with van der Waals surface area (Å²) in [5, 5.41) is 0. The molecule has 0 aliphatic carbocycles. The Hall–Kier alpha value is -1.13. The fourth-order valence-electron chi connectivity index (χ4n) is 3.23. The minimum absolute atomic E-state index is 0.625. The van der Waals surface area contributed by atoms with E-state index in [0.717, 1.165) is 16.8 Å². The molecule has 0 saturated carbocycles. The van der Waals surface area contributed by atoms with Crippen molar-refractivity contribution >= 4 is 23.3 Å². The quantitative estimate of drug-likeness (QED) is 0.867. The van der Waals surface area contributed by atoms with Crippen LogP contribution in [-0.4, -0.2) is 34.1 Å². The topological polar surface area (TPSA) is 24.0 Å². The molecule has 108 valence electrons. The lowest BCUT2D eigenvalue weighted by Gasteiger charge is -2.20. The van der Waals surface area contributed by atoms with E-state index in [0.29, 0.717) is 5.92 Å². The van der Waals surface area contributed by atoms with Crippen molar-refractivity contribution in [2.45, 2.75) is 33.2 Å². The number of nitrogens with zero attached hydrogens (tertiary/aromatic N) is 2. The van der Waals surface area contributed by atoms with Gasteiger partial charge in [-0.2, -0.15) is 0 Å². The normalized spacial score (nSPS) is 17.9. The number of aromatic nitrogens is 2. The molecule has 1 aromatic carbocycles. The third-order valence-corrected chi connectivity index (χ3v) is 4.51. The molecule has 1 aromatic heterocycles. The number of H-pyrrole nitrogens is 1. The molecule has 1 unspecified atom stereocenters. The summed E-state index contributed by atoms with van der Waals surface area (Å²) in [7, 11) is 0. The van der Waals surface area contributed by atoms with Crippen molar-refractivity contribution in [3.8, 4) is 0 Å². The number of aromatic amines is 1.